The third kappa shape index (κ3) is 4.36. The van der Waals surface area contributed by atoms with Crippen molar-refractivity contribution in [3.8, 4) is 29.2 Å². The van der Waals surface area contributed by atoms with Gasteiger partial charge in [-0.3, -0.25) is 9.69 Å². The Morgan fingerprint density at radius 2 is 2.03 bits per heavy atom. The number of anilines is 1. The molecule has 0 aliphatic carbocycles. The third-order valence-corrected chi connectivity index (χ3v) is 5.75. The number of hydrogen-bond acceptors (Lipinski definition) is 9. The van der Waals surface area contributed by atoms with Gasteiger partial charge >= 0.3 is 0 Å². The second-order valence-corrected chi connectivity index (χ2v) is 7.93. The lowest BCUT2D eigenvalue weighted by Gasteiger charge is -2.34. The van der Waals surface area contributed by atoms with Crippen molar-refractivity contribution in [3.05, 3.63) is 47.9 Å². The highest BCUT2D eigenvalue weighted by molar-refractivity contribution is 5.78. The summed E-state index contributed by atoms with van der Waals surface area (Å²) < 4.78 is 21.9. The van der Waals surface area contributed by atoms with Crippen molar-refractivity contribution in [1.82, 2.24) is 15.2 Å². The predicted octanol–water partition coefficient (Wildman–Crippen LogP) is 2.53. The number of nitrogens with zero attached hydrogens (tertiary/aromatic N) is 4. The second-order valence-electron chi connectivity index (χ2n) is 7.93. The smallest absolute Gasteiger partial charge is 0.266 e. The van der Waals surface area contributed by atoms with E-state index in [2.05, 4.69) is 21.3 Å². The van der Waals surface area contributed by atoms with Crippen LogP contribution in [-0.4, -0.2) is 55.3 Å². The fourth-order valence-corrected chi connectivity index (χ4v) is 3.97. The fourth-order valence-electron chi connectivity index (χ4n) is 3.97. The number of amides is 1. The van der Waals surface area contributed by atoms with Gasteiger partial charge in [-0.15, -0.1) is 0 Å². The van der Waals surface area contributed by atoms with Crippen LogP contribution in [0.4, 0.5) is 5.88 Å². The molecular weight excluding hydrogens is 426 g/mol. The molecule has 1 fully saturated rings. The van der Waals surface area contributed by atoms with E-state index in [4.69, 9.17) is 18.3 Å². The summed E-state index contributed by atoms with van der Waals surface area (Å²) in [6.45, 7) is 5.01. The quantitative estimate of drug-likeness (QED) is 0.606. The minimum absolute atomic E-state index is 0.0499. The maximum absolute atomic E-state index is 12.6. The van der Waals surface area contributed by atoms with Crippen molar-refractivity contribution in [3.63, 3.8) is 0 Å². The number of piperazine rings is 1. The lowest BCUT2D eigenvalue weighted by molar-refractivity contribution is -0.123. The Bertz CT molecular complexity index is 1170. The van der Waals surface area contributed by atoms with Gasteiger partial charge < -0.3 is 28.5 Å². The van der Waals surface area contributed by atoms with Crippen LogP contribution in [0.25, 0.3) is 11.7 Å². The van der Waals surface area contributed by atoms with Crippen LogP contribution in [0.2, 0.25) is 0 Å². The summed E-state index contributed by atoms with van der Waals surface area (Å²) >= 11 is 0. The number of nitrogens with one attached hydrogen (secondary N) is 1. The van der Waals surface area contributed by atoms with Crippen molar-refractivity contribution in [2.45, 2.75) is 13.0 Å². The van der Waals surface area contributed by atoms with Crippen LogP contribution in [0.3, 0.4) is 0 Å². The van der Waals surface area contributed by atoms with Crippen molar-refractivity contribution in [1.29, 1.82) is 5.26 Å². The zero-order valence-corrected chi connectivity index (χ0v) is 18.1. The summed E-state index contributed by atoms with van der Waals surface area (Å²) in [4.78, 5) is 20.9. The molecule has 4 heterocycles. The molecule has 2 aliphatic heterocycles. The molecule has 3 aromatic rings. The lowest BCUT2D eigenvalue weighted by atomic mass is 10.1. The summed E-state index contributed by atoms with van der Waals surface area (Å²) in [7, 11) is 0. The first kappa shape index (κ1) is 20.9. The van der Waals surface area contributed by atoms with E-state index < -0.39 is 0 Å². The van der Waals surface area contributed by atoms with Gasteiger partial charge in [-0.2, -0.15) is 10.2 Å². The van der Waals surface area contributed by atoms with E-state index in [1.54, 1.807) is 12.1 Å². The molecule has 0 spiro atoms. The van der Waals surface area contributed by atoms with Crippen molar-refractivity contribution >= 4 is 11.8 Å². The highest BCUT2D eigenvalue weighted by Crippen LogP contribution is 2.34. The molecule has 2 aliphatic rings. The number of aromatic nitrogens is 1. The molecule has 1 aromatic carbocycles. The summed E-state index contributed by atoms with van der Waals surface area (Å²) in [5.74, 6) is 2.56. The number of oxazole rings is 1. The Labute approximate surface area is 190 Å². The van der Waals surface area contributed by atoms with Crippen LogP contribution in [0.15, 0.2) is 45.4 Å². The van der Waals surface area contributed by atoms with Gasteiger partial charge in [-0.05, 0) is 36.8 Å². The first-order valence-corrected chi connectivity index (χ1v) is 10.7. The maximum atomic E-state index is 12.6. The second kappa shape index (κ2) is 8.88. The molecule has 1 N–H and O–H groups in total. The number of nitriles is 1. The molecule has 33 heavy (non-hydrogen) atoms. The molecule has 2 aromatic heterocycles. The summed E-state index contributed by atoms with van der Waals surface area (Å²) in [5, 5.41) is 12.5. The molecular formula is C23H23N5O5. The number of benzene rings is 1. The predicted molar refractivity (Wildman–Crippen MR) is 117 cm³/mol. The van der Waals surface area contributed by atoms with Crippen molar-refractivity contribution in [2.75, 3.05) is 44.4 Å². The van der Waals surface area contributed by atoms with Crippen LogP contribution < -0.4 is 19.7 Å². The zero-order valence-electron chi connectivity index (χ0n) is 18.1. The monoisotopic (exact) mass is 449 g/mol. The standard InChI is InChI=1S/C23H23N5O5/c1-15(16-4-5-18-20(11-16)32-14-31-18)25-21(29)13-27-6-8-28(9-7-27)23-17(12-24)26-22(33-23)19-3-2-10-30-19/h2-5,10-11,15H,6-9,13-14H2,1H3,(H,25,29). The van der Waals surface area contributed by atoms with Gasteiger partial charge in [0, 0.05) is 26.2 Å². The SMILES string of the molecule is CC(NC(=O)CN1CCN(c2oc(-c3ccco3)nc2C#N)CC1)c1ccc2c(c1)OCO2. The van der Waals surface area contributed by atoms with E-state index >= 15 is 0 Å². The van der Waals surface area contributed by atoms with Crippen molar-refractivity contribution < 1.29 is 23.1 Å². The molecule has 0 saturated carbocycles. The first-order chi connectivity index (χ1) is 16.1. The Balaban J connectivity index is 1.15. The minimum Gasteiger partial charge on any atom is -0.459 e. The Kier molecular flexibility index (Phi) is 5.62. The van der Waals surface area contributed by atoms with Gasteiger partial charge in [0.15, 0.2) is 17.3 Å². The molecule has 10 nitrogen and oxygen atoms in total. The van der Waals surface area contributed by atoms with Gasteiger partial charge in [0.25, 0.3) is 5.89 Å². The maximum Gasteiger partial charge on any atom is 0.266 e. The number of carbonyl (C=O) groups is 1. The van der Waals surface area contributed by atoms with E-state index in [0.29, 0.717) is 50.1 Å². The molecule has 0 bridgehead atoms. The molecule has 1 atom stereocenters. The van der Waals surface area contributed by atoms with Crippen LogP contribution >= 0.6 is 0 Å². The molecule has 170 valence electrons. The minimum atomic E-state index is -0.152. The lowest BCUT2D eigenvalue weighted by Crippen LogP contribution is -2.49. The number of hydrogen-bond donors (Lipinski definition) is 1. The fraction of sp³-hybridized carbons (Fsp3) is 0.348. The average molecular weight is 449 g/mol. The number of carbonyl (C=O) groups excluding carboxylic acids is 1. The van der Waals surface area contributed by atoms with Crippen LogP contribution in [0.1, 0.15) is 24.2 Å². The van der Waals surface area contributed by atoms with Gasteiger partial charge in [0.05, 0.1) is 18.8 Å². The Morgan fingerprint density at radius 1 is 1.21 bits per heavy atom. The Hall–Kier alpha value is -3.97. The van der Waals surface area contributed by atoms with Gasteiger partial charge in [-0.25, -0.2) is 0 Å². The van der Waals surface area contributed by atoms with E-state index in [9.17, 15) is 10.1 Å². The molecule has 10 heteroatoms. The number of furan rings is 1. The summed E-state index contributed by atoms with van der Waals surface area (Å²) in [6, 6.07) is 11.1. The van der Waals surface area contributed by atoms with E-state index in [1.807, 2.05) is 30.0 Å². The number of rotatable bonds is 6. The number of ether oxygens (including phenoxy) is 2. The van der Waals surface area contributed by atoms with E-state index in [1.165, 1.54) is 6.26 Å². The van der Waals surface area contributed by atoms with Gasteiger partial charge in [-0.1, -0.05) is 6.07 Å². The molecule has 1 unspecified atom stereocenters. The van der Waals surface area contributed by atoms with Gasteiger partial charge in [0.1, 0.15) is 6.07 Å². The highest BCUT2D eigenvalue weighted by atomic mass is 16.7. The molecule has 5 rings (SSSR count). The largest absolute Gasteiger partial charge is 0.459 e. The third-order valence-electron chi connectivity index (χ3n) is 5.75. The Morgan fingerprint density at radius 3 is 2.79 bits per heavy atom. The zero-order chi connectivity index (χ0) is 22.8. The van der Waals surface area contributed by atoms with Crippen molar-refractivity contribution in [2.24, 2.45) is 0 Å². The van der Waals surface area contributed by atoms with Crippen LogP contribution in [0.5, 0.6) is 11.5 Å². The summed E-state index contributed by atoms with van der Waals surface area (Å²) in [5.41, 5.74) is 1.18. The van der Waals surface area contributed by atoms with Crippen LogP contribution in [-0.2, 0) is 4.79 Å². The topological polar surface area (TPSA) is 117 Å². The number of fused-ring (bicyclic) bond motifs is 1. The average Bonchev–Trinajstić information content (AvgIpc) is 3.59. The molecule has 1 amide bonds. The van der Waals surface area contributed by atoms with Gasteiger partial charge in [0.2, 0.25) is 24.3 Å². The summed E-state index contributed by atoms with van der Waals surface area (Å²) in [6.07, 6.45) is 1.53. The highest BCUT2D eigenvalue weighted by Gasteiger charge is 2.26. The van der Waals surface area contributed by atoms with E-state index in [-0.39, 0.29) is 30.3 Å². The van der Waals surface area contributed by atoms with Crippen LogP contribution in [0, 0.1) is 11.3 Å². The van der Waals surface area contributed by atoms with E-state index in [0.717, 1.165) is 11.3 Å². The normalized spacial score (nSPS) is 16.4. The molecule has 0 radical (unpaired) electrons. The molecule has 1 saturated heterocycles. The first-order valence-electron chi connectivity index (χ1n) is 10.7.